The zero-order chi connectivity index (χ0) is 20.6. The first-order chi connectivity index (χ1) is 13.9. The third-order valence-electron chi connectivity index (χ3n) is 5.45. The number of fused-ring (bicyclic) bond motifs is 1. The van der Waals surface area contributed by atoms with Crippen LogP contribution in [0.1, 0.15) is 34.6 Å². The zero-order valence-electron chi connectivity index (χ0n) is 16.5. The Balaban J connectivity index is 1.45. The van der Waals surface area contributed by atoms with Gasteiger partial charge in [0.15, 0.2) is 0 Å². The number of nitrogens with one attached hydrogen (secondary N) is 2. The lowest BCUT2D eigenvalue weighted by Crippen LogP contribution is -2.46. The summed E-state index contributed by atoms with van der Waals surface area (Å²) in [5.74, 6) is -0.00960. The summed E-state index contributed by atoms with van der Waals surface area (Å²) in [6, 6.07) is 13.4. The molecule has 1 fully saturated rings. The van der Waals surface area contributed by atoms with Gasteiger partial charge in [0, 0.05) is 24.7 Å². The van der Waals surface area contributed by atoms with Gasteiger partial charge in [0.1, 0.15) is 4.90 Å². The zero-order valence-corrected chi connectivity index (χ0v) is 17.3. The molecule has 152 valence electrons. The second-order valence-corrected chi connectivity index (χ2v) is 9.13. The minimum atomic E-state index is -3.64. The number of sulfonamides is 1. The third kappa shape index (κ3) is 3.77. The molecular weight excluding hydrogens is 388 g/mol. The summed E-state index contributed by atoms with van der Waals surface area (Å²) in [7, 11) is -3.64. The summed E-state index contributed by atoms with van der Waals surface area (Å²) in [5.41, 5.74) is 1.67. The molecule has 0 spiro atoms. The number of piperidine rings is 1. The average molecular weight is 413 g/mol. The number of rotatable bonds is 4. The van der Waals surface area contributed by atoms with Gasteiger partial charge in [-0.15, -0.1) is 0 Å². The molecular formula is C21H24N4O3S. The standard InChI is InChI=1S/C21H24N4O3S/c1-14-20(15(2)23-22-14)29(27,28)24-17-10-12-25(13-11-17)21(26)19-9-5-7-16-6-3-4-8-18(16)19/h3-9,17,24H,10-13H2,1-2H3,(H,22,23). The maximum atomic E-state index is 13.1. The molecule has 4 rings (SSSR count). The normalized spacial score (nSPS) is 15.7. The fourth-order valence-corrected chi connectivity index (χ4v) is 5.67. The number of aromatic amines is 1. The highest BCUT2D eigenvalue weighted by Crippen LogP contribution is 2.23. The molecule has 1 saturated heterocycles. The van der Waals surface area contributed by atoms with E-state index in [1.165, 1.54) is 0 Å². The van der Waals surface area contributed by atoms with Gasteiger partial charge in [0.25, 0.3) is 5.91 Å². The number of benzene rings is 2. The van der Waals surface area contributed by atoms with Crippen molar-refractivity contribution in [2.45, 2.75) is 37.6 Å². The summed E-state index contributed by atoms with van der Waals surface area (Å²) in [6.45, 7) is 4.39. The Labute approximate surface area is 170 Å². The molecule has 29 heavy (non-hydrogen) atoms. The van der Waals surface area contributed by atoms with Crippen molar-refractivity contribution in [3.05, 3.63) is 59.4 Å². The van der Waals surface area contributed by atoms with Crippen LogP contribution in [0.2, 0.25) is 0 Å². The first-order valence-electron chi connectivity index (χ1n) is 9.68. The largest absolute Gasteiger partial charge is 0.339 e. The quantitative estimate of drug-likeness (QED) is 0.689. The van der Waals surface area contributed by atoms with E-state index in [9.17, 15) is 13.2 Å². The van der Waals surface area contributed by atoms with Crippen LogP contribution in [0.15, 0.2) is 47.4 Å². The van der Waals surface area contributed by atoms with Gasteiger partial charge < -0.3 is 4.90 Å². The number of H-pyrrole nitrogens is 1. The van der Waals surface area contributed by atoms with Crippen molar-refractivity contribution in [2.24, 2.45) is 0 Å². The Morgan fingerprint density at radius 3 is 2.48 bits per heavy atom. The molecule has 1 aliphatic heterocycles. The lowest BCUT2D eigenvalue weighted by molar-refractivity contribution is 0.0713. The van der Waals surface area contributed by atoms with Gasteiger partial charge in [-0.2, -0.15) is 5.10 Å². The fraction of sp³-hybridized carbons (Fsp3) is 0.333. The molecule has 0 bridgehead atoms. The molecule has 0 aliphatic carbocycles. The van der Waals surface area contributed by atoms with Crippen LogP contribution >= 0.6 is 0 Å². The molecule has 3 aromatic rings. The van der Waals surface area contributed by atoms with Crippen LogP contribution in [0.5, 0.6) is 0 Å². The molecule has 7 nitrogen and oxygen atoms in total. The molecule has 2 aromatic carbocycles. The molecule has 1 aromatic heterocycles. The van der Waals surface area contributed by atoms with E-state index in [1.807, 2.05) is 42.5 Å². The summed E-state index contributed by atoms with van der Waals surface area (Å²) < 4.78 is 28.3. The number of aromatic nitrogens is 2. The highest BCUT2D eigenvalue weighted by molar-refractivity contribution is 7.89. The van der Waals surface area contributed by atoms with E-state index in [2.05, 4.69) is 14.9 Å². The Bertz CT molecular complexity index is 1140. The van der Waals surface area contributed by atoms with Gasteiger partial charge in [-0.1, -0.05) is 36.4 Å². The molecule has 0 saturated carbocycles. The number of nitrogens with zero attached hydrogens (tertiary/aromatic N) is 2. The van der Waals surface area contributed by atoms with Crippen LogP contribution in [0.4, 0.5) is 0 Å². The summed E-state index contributed by atoms with van der Waals surface area (Å²) in [5, 5.41) is 8.66. The van der Waals surface area contributed by atoms with E-state index in [0.717, 1.165) is 10.8 Å². The van der Waals surface area contributed by atoms with Crippen LogP contribution in [0, 0.1) is 13.8 Å². The first kappa shape index (κ1) is 19.6. The minimum Gasteiger partial charge on any atom is -0.339 e. The second-order valence-electron chi connectivity index (χ2n) is 7.48. The van der Waals surface area contributed by atoms with E-state index < -0.39 is 10.0 Å². The molecule has 1 aliphatic rings. The summed E-state index contributed by atoms with van der Waals surface area (Å²) >= 11 is 0. The Morgan fingerprint density at radius 2 is 1.79 bits per heavy atom. The van der Waals surface area contributed by atoms with Crippen molar-refractivity contribution >= 4 is 26.7 Å². The SMILES string of the molecule is Cc1n[nH]c(C)c1S(=O)(=O)NC1CCN(C(=O)c2cccc3ccccc23)CC1. The van der Waals surface area contributed by atoms with Crippen LogP contribution in [0.25, 0.3) is 10.8 Å². The number of likely N-dealkylation sites (tertiary alicyclic amines) is 1. The lowest BCUT2D eigenvalue weighted by Gasteiger charge is -2.32. The minimum absolute atomic E-state index is 0.00960. The predicted molar refractivity (Wildman–Crippen MR) is 111 cm³/mol. The average Bonchev–Trinajstić information content (AvgIpc) is 3.06. The second kappa shape index (κ2) is 7.61. The van der Waals surface area contributed by atoms with Crippen LogP contribution in [-0.2, 0) is 10.0 Å². The van der Waals surface area contributed by atoms with Crippen molar-refractivity contribution < 1.29 is 13.2 Å². The molecule has 2 N–H and O–H groups in total. The van der Waals surface area contributed by atoms with E-state index in [1.54, 1.807) is 18.7 Å². The van der Waals surface area contributed by atoms with Gasteiger partial charge in [0.2, 0.25) is 10.0 Å². The van der Waals surface area contributed by atoms with Gasteiger partial charge in [-0.3, -0.25) is 9.89 Å². The van der Waals surface area contributed by atoms with Crippen LogP contribution in [-0.4, -0.2) is 48.6 Å². The number of carbonyl (C=O) groups is 1. The molecule has 2 heterocycles. The van der Waals surface area contributed by atoms with E-state index >= 15 is 0 Å². The topological polar surface area (TPSA) is 95.2 Å². The maximum Gasteiger partial charge on any atom is 0.254 e. The van der Waals surface area contributed by atoms with Crippen molar-refractivity contribution in [2.75, 3.05) is 13.1 Å². The highest BCUT2D eigenvalue weighted by atomic mass is 32.2. The first-order valence-corrected chi connectivity index (χ1v) is 11.2. The lowest BCUT2D eigenvalue weighted by atomic mass is 10.0. The van der Waals surface area contributed by atoms with Gasteiger partial charge >= 0.3 is 0 Å². The summed E-state index contributed by atoms with van der Waals surface area (Å²) in [4.78, 5) is 15.1. The van der Waals surface area contributed by atoms with Gasteiger partial charge in [-0.25, -0.2) is 13.1 Å². The number of aryl methyl sites for hydroxylation is 2. The highest BCUT2D eigenvalue weighted by Gasteiger charge is 2.30. The van der Waals surface area contributed by atoms with Crippen LogP contribution < -0.4 is 4.72 Å². The molecule has 8 heteroatoms. The maximum absolute atomic E-state index is 13.1. The Hall–Kier alpha value is -2.71. The van der Waals surface area contributed by atoms with Crippen molar-refractivity contribution in [1.29, 1.82) is 0 Å². The molecule has 0 atom stereocenters. The number of hydrogen-bond donors (Lipinski definition) is 2. The van der Waals surface area contributed by atoms with E-state index in [0.29, 0.717) is 42.9 Å². The van der Waals surface area contributed by atoms with Crippen molar-refractivity contribution in [3.63, 3.8) is 0 Å². The fourth-order valence-electron chi connectivity index (χ4n) is 4.00. The van der Waals surface area contributed by atoms with Crippen LogP contribution in [0.3, 0.4) is 0 Å². The number of hydrogen-bond acceptors (Lipinski definition) is 4. The molecule has 0 radical (unpaired) electrons. The summed E-state index contributed by atoms with van der Waals surface area (Å²) in [6.07, 6.45) is 1.15. The van der Waals surface area contributed by atoms with Crippen molar-refractivity contribution in [1.82, 2.24) is 19.8 Å². The smallest absolute Gasteiger partial charge is 0.254 e. The Kier molecular flexibility index (Phi) is 5.14. The van der Waals surface area contributed by atoms with Gasteiger partial charge in [0.05, 0.1) is 11.4 Å². The van der Waals surface area contributed by atoms with Gasteiger partial charge in [-0.05, 0) is 43.5 Å². The Morgan fingerprint density at radius 1 is 1.10 bits per heavy atom. The number of carbonyl (C=O) groups excluding carboxylic acids is 1. The van der Waals surface area contributed by atoms with Crippen molar-refractivity contribution in [3.8, 4) is 0 Å². The predicted octanol–water partition coefficient (Wildman–Crippen LogP) is 2.76. The monoisotopic (exact) mass is 412 g/mol. The van der Waals surface area contributed by atoms with E-state index in [-0.39, 0.29) is 16.8 Å². The number of amides is 1. The van der Waals surface area contributed by atoms with E-state index in [4.69, 9.17) is 0 Å². The third-order valence-corrected chi connectivity index (χ3v) is 7.24. The molecule has 0 unspecified atom stereocenters. The molecule has 1 amide bonds.